The summed E-state index contributed by atoms with van der Waals surface area (Å²) >= 11 is 0. The number of benzene rings is 3. The lowest BCUT2D eigenvalue weighted by Gasteiger charge is -2.14. The third kappa shape index (κ3) is 4.26. The summed E-state index contributed by atoms with van der Waals surface area (Å²) in [5.74, 6) is 1.40. The van der Waals surface area contributed by atoms with Gasteiger partial charge in [-0.1, -0.05) is 79.4 Å². The van der Waals surface area contributed by atoms with Crippen LogP contribution < -0.4 is 9.47 Å². The largest absolute Gasteiger partial charge is 0.485 e. The van der Waals surface area contributed by atoms with Crippen molar-refractivity contribution in [2.24, 2.45) is 0 Å². The van der Waals surface area contributed by atoms with Gasteiger partial charge in [0.25, 0.3) is 0 Å². The second-order valence-corrected chi connectivity index (χ2v) is 5.42. The minimum Gasteiger partial charge on any atom is -0.485 e. The van der Waals surface area contributed by atoms with Gasteiger partial charge in [-0.05, 0) is 28.8 Å². The van der Waals surface area contributed by atoms with E-state index < -0.39 is 0 Å². The molecule has 0 unspecified atom stereocenters. The van der Waals surface area contributed by atoms with Gasteiger partial charge in [0.15, 0.2) is 11.5 Å². The van der Waals surface area contributed by atoms with Gasteiger partial charge < -0.3 is 9.47 Å². The molecule has 0 N–H and O–H groups in total. The first-order valence-electron chi connectivity index (χ1n) is 7.87. The molecule has 1 radical (unpaired) electrons. The summed E-state index contributed by atoms with van der Waals surface area (Å²) in [5.41, 5.74) is 3.11. The average molecular weight is 315 g/mol. The van der Waals surface area contributed by atoms with Crippen LogP contribution in [0, 0.1) is 6.58 Å². The maximum atomic E-state index is 5.95. The fraction of sp³-hybridized carbons (Fsp3) is 0.0909. The Bertz CT molecular complexity index is 780. The molecule has 0 saturated heterocycles. The van der Waals surface area contributed by atoms with Crippen LogP contribution in [0.2, 0.25) is 0 Å². The molecule has 2 heteroatoms. The van der Waals surface area contributed by atoms with E-state index >= 15 is 0 Å². The molecular formula is C22H19O2. The normalized spacial score (nSPS) is 10.2. The van der Waals surface area contributed by atoms with Gasteiger partial charge in [-0.25, -0.2) is 0 Å². The second kappa shape index (κ2) is 8.02. The molecule has 3 aromatic carbocycles. The van der Waals surface area contributed by atoms with Crippen molar-refractivity contribution in [3.63, 3.8) is 0 Å². The highest BCUT2D eigenvalue weighted by Gasteiger charge is 2.07. The molecule has 2 nitrogen and oxygen atoms in total. The van der Waals surface area contributed by atoms with Crippen molar-refractivity contribution in [3.05, 3.63) is 102 Å². The third-order valence-corrected chi connectivity index (χ3v) is 3.63. The van der Waals surface area contributed by atoms with E-state index in [1.54, 1.807) is 6.08 Å². The third-order valence-electron chi connectivity index (χ3n) is 3.63. The molecule has 0 aromatic heterocycles. The molecule has 0 bridgehead atoms. The van der Waals surface area contributed by atoms with Gasteiger partial charge in [0.1, 0.15) is 13.2 Å². The maximum Gasteiger partial charge on any atom is 0.162 e. The molecule has 0 atom stereocenters. The summed E-state index contributed by atoms with van der Waals surface area (Å²) in [5, 5.41) is 0. The fourth-order valence-corrected chi connectivity index (χ4v) is 2.33. The molecule has 0 fully saturated rings. The Kier molecular flexibility index (Phi) is 5.31. The van der Waals surface area contributed by atoms with Gasteiger partial charge in [0.05, 0.1) is 0 Å². The monoisotopic (exact) mass is 315 g/mol. The predicted molar refractivity (Wildman–Crippen MR) is 96.8 cm³/mol. The highest BCUT2D eigenvalue weighted by atomic mass is 16.5. The molecule has 24 heavy (non-hydrogen) atoms. The molecule has 0 aliphatic carbocycles. The summed E-state index contributed by atoms with van der Waals surface area (Å²) in [6.45, 7) is 6.60. The van der Waals surface area contributed by atoms with Gasteiger partial charge in [-0.15, -0.1) is 0 Å². The standard InChI is InChI=1S/C22H19O2/c1-2-18-13-14-21(23-16-19-9-5-3-6-10-19)22(15-18)24-17-20-11-7-4-8-12-20/h1-15H,16-17H2. The zero-order valence-corrected chi connectivity index (χ0v) is 13.4. The van der Waals surface area contributed by atoms with E-state index in [1.165, 1.54) is 0 Å². The smallest absolute Gasteiger partial charge is 0.162 e. The number of ether oxygens (including phenoxy) is 2. The number of hydrogen-bond donors (Lipinski definition) is 0. The van der Waals surface area contributed by atoms with Gasteiger partial charge in [-0.3, -0.25) is 0 Å². The molecule has 3 rings (SSSR count). The summed E-state index contributed by atoms with van der Waals surface area (Å²) in [4.78, 5) is 0. The molecule has 0 saturated carbocycles. The lowest BCUT2D eigenvalue weighted by Crippen LogP contribution is -2.00. The highest BCUT2D eigenvalue weighted by molar-refractivity contribution is 5.53. The van der Waals surface area contributed by atoms with E-state index in [4.69, 9.17) is 16.1 Å². The Morgan fingerprint density at radius 1 is 0.667 bits per heavy atom. The van der Waals surface area contributed by atoms with Crippen molar-refractivity contribution in [2.75, 3.05) is 0 Å². The van der Waals surface area contributed by atoms with E-state index in [9.17, 15) is 0 Å². The quantitative estimate of drug-likeness (QED) is 0.590. The van der Waals surface area contributed by atoms with Gasteiger partial charge in [0, 0.05) is 0 Å². The molecule has 0 aliphatic rings. The Labute approximate surface area is 143 Å². The van der Waals surface area contributed by atoms with Crippen molar-refractivity contribution in [2.45, 2.75) is 13.2 Å². The minimum atomic E-state index is 0.483. The average Bonchev–Trinajstić information content (AvgIpc) is 2.66. The Balaban J connectivity index is 1.74. The summed E-state index contributed by atoms with van der Waals surface area (Å²) in [7, 11) is 0. The Morgan fingerprint density at radius 3 is 1.75 bits per heavy atom. The van der Waals surface area contributed by atoms with Crippen LogP contribution in [0.15, 0.2) is 78.9 Å². The van der Waals surface area contributed by atoms with Crippen molar-refractivity contribution in [1.29, 1.82) is 0 Å². The van der Waals surface area contributed by atoms with E-state index in [1.807, 2.05) is 78.9 Å². The molecule has 119 valence electrons. The zero-order chi connectivity index (χ0) is 16.6. The van der Waals surface area contributed by atoms with Crippen molar-refractivity contribution in [3.8, 4) is 11.5 Å². The van der Waals surface area contributed by atoms with Crippen molar-refractivity contribution in [1.82, 2.24) is 0 Å². The molecule has 0 amide bonds. The predicted octanol–water partition coefficient (Wildman–Crippen LogP) is 5.29. The first-order chi connectivity index (χ1) is 11.8. The van der Waals surface area contributed by atoms with Crippen LogP contribution in [0.3, 0.4) is 0 Å². The van der Waals surface area contributed by atoms with Crippen LogP contribution in [0.25, 0.3) is 6.08 Å². The van der Waals surface area contributed by atoms with Crippen molar-refractivity contribution < 1.29 is 9.47 Å². The van der Waals surface area contributed by atoms with Gasteiger partial charge >= 0.3 is 0 Å². The first kappa shape index (κ1) is 15.9. The fourth-order valence-electron chi connectivity index (χ4n) is 2.33. The van der Waals surface area contributed by atoms with E-state index in [0.717, 1.165) is 16.7 Å². The Morgan fingerprint density at radius 2 is 1.21 bits per heavy atom. The zero-order valence-electron chi connectivity index (χ0n) is 13.4. The van der Waals surface area contributed by atoms with Crippen LogP contribution in [0.4, 0.5) is 0 Å². The van der Waals surface area contributed by atoms with Gasteiger partial charge in [-0.2, -0.15) is 0 Å². The maximum absolute atomic E-state index is 5.95. The van der Waals surface area contributed by atoms with Crippen molar-refractivity contribution >= 4 is 6.08 Å². The van der Waals surface area contributed by atoms with E-state index in [-0.39, 0.29) is 0 Å². The lowest BCUT2D eigenvalue weighted by atomic mass is 10.2. The highest BCUT2D eigenvalue weighted by Crippen LogP contribution is 2.30. The van der Waals surface area contributed by atoms with Crippen LogP contribution in [-0.4, -0.2) is 0 Å². The first-order valence-corrected chi connectivity index (χ1v) is 7.87. The molecule has 3 aromatic rings. The van der Waals surface area contributed by atoms with Crippen LogP contribution in [0.5, 0.6) is 11.5 Å². The van der Waals surface area contributed by atoms with Crippen LogP contribution >= 0.6 is 0 Å². The second-order valence-electron chi connectivity index (χ2n) is 5.42. The summed E-state index contributed by atoms with van der Waals surface area (Å²) in [6.07, 6.45) is 1.55. The molecule has 0 heterocycles. The van der Waals surface area contributed by atoms with E-state index in [0.29, 0.717) is 24.7 Å². The minimum absolute atomic E-state index is 0.483. The van der Waals surface area contributed by atoms with E-state index in [2.05, 4.69) is 0 Å². The topological polar surface area (TPSA) is 18.5 Å². The molecular weight excluding hydrogens is 296 g/mol. The summed E-state index contributed by atoms with van der Waals surface area (Å²) in [6, 6.07) is 25.8. The van der Waals surface area contributed by atoms with Gasteiger partial charge in [0.2, 0.25) is 0 Å². The van der Waals surface area contributed by atoms with Crippen LogP contribution in [0.1, 0.15) is 16.7 Å². The molecule has 0 aliphatic heterocycles. The number of rotatable bonds is 7. The molecule has 0 spiro atoms. The Hall–Kier alpha value is -3.00. The lowest BCUT2D eigenvalue weighted by molar-refractivity contribution is 0.256. The SMILES string of the molecule is [CH]=Cc1ccc(OCc2ccccc2)c(OCc2ccccc2)c1. The number of hydrogen-bond acceptors (Lipinski definition) is 2. The van der Waals surface area contributed by atoms with Crippen LogP contribution in [-0.2, 0) is 13.2 Å². The summed E-state index contributed by atoms with van der Waals surface area (Å²) < 4.78 is 11.9.